The van der Waals surface area contributed by atoms with E-state index in [0.717, 1.165) is 30.5 Å². The average molecular weight is 1090 g/mol. The van der Waals surface area contributed by atoms with Gasteiger partial charge in [0, 0.05) is 40.6 Å². The number of halogens is 11. The number of aliphatic hydroxyl groups is 1. The van der Waals surface area contributed by atoms with Crippen LogP contribution in [0.2, 0.25) is 5.02 Å². The molecule has 0 aliphatic heterocycles. The van der Waals surface area contributed by atoms with Gasteiger partial charge in [-0.05, 0) is 89.1 Å². The van der Waals surface area contributed by atoms with Crippen LogP contribution in [-0.4, -0.2) is 94.0 Å². The molecule has 3 N–H and O–H groups in total. The number of benzene rings is 2. The number of pyridine rings is 1. The molecule has 72 heavy (non-hydrogen) atoms. The summed E-state index contributed by atoms with van der Waals surface area (Å²) >= 11 is 6.65. The molecule has 3 atom stereocenters. The van der Waals surface area contributed by atoms with Crippen molar-refractivity contribution in [3.8, 4) is 11.1 Å². The summed E-state index contributed by atoms with van der Waals surface area (Å²) in [7, 11) is -8.56. The Bertz CT molecular complexity index is 3210. The monoisotopic (exact) mass is 1090 g/mol. The molecule has 3 amide bonds. The number of alkyl halides is 8. The van der Waals surface area contributed by atoms with E-state index in [9.17, 15) is 66.7 Å². The van der Waals surface area contributed by atoms with Crippen molar-refractivity contribution < 1.29 is 75.4 Å². The first-order valence-corrected chi connectivity index (χ1v) is 25.7. The number of rotatable bonds is 16. The van der Waals surface area contributed by atoms with Crippen molar-refractivity contribution in [3.63, 3.8) is 0 Å². The molecule has 392 valence electrons. The Hall–Kier alpha value is -5.54. The lowest BCUT2D eigenvalue weighted by molar-refractivity contribution is -0.143. The zero-order valence-corrected chi connectivity index (χ0v) is 41.2. The van der Waals surface area contributed by atoms with E-state index in [4.69, 9.17) is 16.6 Å². The number of hydrogen-bond donors (Lipinski definition) is 3. The number of carbonyl (C=O) groups excluding carboxylic acids is 2. The summed E-state index contributed by atoms with van der Waals surface area (Å²) in [5, 5.41) is 20.8. The van der Waals surface area contributed by atoms with E-state index in [1.807, 2.05) is 0 Å². The third-order valence-electron chi connectivity index (χ3n) is 12.5. The summed E-state index contributed by atoms with van der Waals surface area (Å²) in [6.45, 7) is 1.42. The molecule has 3 heterocycles. The van der Waals surface area contributed by atoms with Gasteiger partial charge in [-0.3, -0.25) is 19.1 Å². The predicted octanol–water partition coefficient (Wildman–Crippen LogP) is 8.12. The Labute approximate surface area is 409 Å². The van der Waals surface area contributed by atoms with E-state index in [2.05, 4.69) is 20.8 Å². The van der Waals surface area contributed by atoms with Crippen molar-refractivity contribution in [1.29, 1.82) is 0 Å². The summed E-state index contributed by atoms with van der Waals surface area (Å²) < 4.78 is 198. The second kappa shape index (κ2) is 18.4. The van der Waals surface area contributed by atoms with Crippen LogP contribution in [0.1, 0.15) is 86.4 Å². The summed E-state index contributed by atoms with van der Waals surface area (Å²) in [4.78, 5) is 32.6. The van der Waals surface area contributed by atoms with Crippen LogP contribution in [0.25, 0.3) is 22.0 Å². The Morgan fingerprint density at radius 1 is 0.931 bits per heavy atom. The molecule has 15 nitrogen and oxygen atoms in total. The lowest BCUT2D eigenvalue weighted by Crippen LogP contribution is -2.53. The van der Waals surface area contributed by atoms with Crippen LogP contribution >= 0.6 is 11.6 Å². The third kappa shape index (κ3) is 10.9. The minimum atomic E-state index is -5.21. The summed E-state index contributed by atoms with van der Waals surface area (Å²) in [5.74, 6) is -11.0. The molecule has 1 saturated carbocycles. The fourth-order valence-corrected chi connectivity index (χ4v) is 10.1. The van der Waals surface area contributed by atoms with E-state index in [-0.39, 0.29) is 61.0 Å². The fraction of sp³-hybridized carbons (Fsp3) is 0.477. The Morgan fingerprint density at radius 3 is 2.12 bits per heavy atom. The lowest BCUT2D eigenvalue weighted by Gasteiger charge is -2.27. The molecule has 1 fully saturated rings. The van der Waals surface area contributed by atoms with E-state index in [1.54, 1.807) is 0 Å². The Kier molecular flexibility index (Phi) is 13.9. The molecular formula is C44H45ClF10N8O7S2. The van der Waals surface area contributed by atoms with Crippen molar-refractivity contribution in [3.05, 3.63) is 93.0 Å². The molecule has 0 radical (unpaired) electrons. The molecule has 0 saturated heterocycles. The third-order valence-corrected chi connectivity index (χ3v) is 16.0. The summed E-state index contributed by atoms with van der Waals surface area (Å²) in [6, 6.07) is 3.73. The Balaban J connectivity index is 1.47. The maximum atomic E-state index is 15.6. The van der Waals surface area contributed by atoms with Crippen LogP contribution in [0.15, 0.2) is 42.5 Å². The minimum Gasteiger partial charge on any atom is -0.394 e. The smallest absolute Gasteiger partial charge is 0.394 e. The second-order valence-electron chi connectivity index (χ2n) is 19.1. The predicted molar refractivity (Wildman–Crippen MR) is 241 cm³/mol. The van der Waals surface area contributed by atoms with E-state index in [1.165, 1.54) is 39.8 Å². The molecule has 2 aliphatic carbocycles. The molecule has 28 heteroatoms. The number of anilines is 1. The van der Waals surface area contributed by atoms with E-state index < -0.39 is 155 Å². The number of sulfonamides is 1. The first-order valence-electron chi connectivity index (χ1n) is 21.6. The number of urea groups is 1. The zero-order valence-electron chi connectivity index (χ0n) is 38.8. The number of nitrogens with zero attached hydrogens (tertiary/aromatic N) is 6. The van der Waals surface area contributed by atoms with Gasteiger partial charge in [-0.1, -0.05) is 23.7 Å². The highest BCUT2D eigenvalue weighted by Gasteiger charge is 2.68. The number of carbonyl (C=O) groups is 2. The number of aryl methyl sites for hydroxylation is 1. The van der Waals surface area contributed by atoms with Gasteiger partial charge in [-0.25, -0.2) is 30.4 Å². The maximum absolute atomic E-state index is 15.6. The number of aromatic nitrogens is 5. The fourth-order valence-electron chi connectivity index (χ4n) is 8.60. The van der Waals surface area contributed by atoms with Crippen LogP contribution in [0.3, 0.4) is 0 Å². The van der Waals surface area contributed by atoms with Gasteiger partial charge in [-0.2, -0.15) is 49.6 Å². The molecule has 1 unspecified atom stereocenters. The lowest BCUT2D eigenvalue weighted by atomic mass is 9.93. The van der Waals surface area contributed by atoms with Gasteiger partial charge < -0.3 is 15.7 Å². The van der Waals surface area contributed by atoms with E-state index in [0.29, 0.717) is 12.3 Å². The average Bonchev–Trinajstić information content (AvgIpc) is 3.74. The van der Waals surface area contributed by atoms with Gasteiger partial charge in [-0.15, -0.1) is 0 Å². The highest BCUT2D eigenvalue weighted by molar-refractivity contribution is 7.93. The van der Waals surface area contributed by atoms with E-state index >= 15 is 8.78 Å². The summed E-state index contributed by atoms with van der Waals surface area (Å²) in [5.41, 5.74) is -6.76. The van der Waals surface area contributed by atoms with Crippen LogP contribution in [0.4, 0.5) is 54.5 Å². The first kappa shape index (κ1) is 54.2. The maximum Gasteiger partial charge on any atom is 0.435 e. The van der Waals surface area contributed by atoms with Crippen LogP contribution in [-0.2, 0) is 62.7 Å². The molecule has 3 aromatic heterocycles. The number of sulfone groups is 1. The van der Waals surface area contributed by atoms with Gasteiger partial charge in [0.2, 0.25) is 15.9 Å². The molecule has 0 spiro atoms. The van der Waals surface area contributed by atoms with Gasteiger partial charge in [0.15, 0.2) is 21.3 Å². The van der Waals surface area contributed by atoms with Crippen LogP contribution < -0.4 is 14.9 Å². The Morgan fingerprint density at radius 2 is 1.56 bits per heavy atom. The molecule has 5 aromatic rings. The van der Waals surface area contributed by atoms with Gasteiger partial charge in [0.05, 0.1) is 50.8 Å². The zero-order chi connectivity index (χ0) is 53.6. The quantitative estimate of drug-likeness (QED) is 0.0812. The van der Waals surface area contributed by atoms with Gasteiger partial charge in [0.1, 0.15) is 30.4 Å². The number of amides is 3. The first-order chi connectivity index (χ1) is 32.9. The molecular weight excluding hydrogens is 1040 g/mol. The van der Waals surface area contributed by atoms with Crippen molar-refractivity contribution in [2.24, 2.45) is 5.92 Å². The van der Waals surface area contributed by atoms with Crippen LogP contribution in [0, 0.1) is 17.6 Å². The number of hydrogen-bond acceptors (Lipinski definition) is 10. The molecule has 0 bridgehead atoms. The SMILES string of the molecule is CC(C)(CO)NC(=O)N(c1nn(CC(F)(F)F)c2c(-c3ccc(CCC(C)(C)S(C)(=O)=O)nc3[C@H](Cc3cc(F)cc(F)c3)NC(=O)Cn3nc(C(F)(F)F)c4c3C(F)(F)C3C[C@H]43)ccc(Cl)c12)S(C)(=O)=O. The number of aliphatic hydroxyl groups excluding tert-OH is 1. The standard InChI is InChI=1S/C44H45ClF10N8O7S2/c1-40(2,20-64)58-39(66)63(72(6,69)70)38-33-29(45)10-9-26(35(33)62(60-38)19-42(48,49)50)25-8-7-24(11-12-41(3,4)71(5,67)68)56-34(25)30(15-21-13-22(46)16-23(47)14-21)57-31(65)18-61-37-32(36(59-61)44(53,54)55)27-17-28(27)43(37,51)52/h7-10,13-14,16,27-28,30,64H,11-12,15,17-20H2,1-6H3,(H,57,65)(H,58,66)/t27-,28?,30-/m0/s1. The number of fused-ring (bicyclic) bond motifs is 4. The second-order valence-corrected chi connectivity index (χ2v) is 24.0. The normalized spacial score (nSPS) is 17.4. The molecule has 7 rings (SSSR count). The topological polar surface area (TPSA) is 198 Å². The minimum absolute atomic E-state index is 0.0197. The molecule has 2 aliphatic rings. The summed E-state index contributed by atoms with van der Waals surface area (Å²) in [6.07, 6.45) is -10.0. The highest BCUT2D eigenvalue weighted by Crippen LogP contribution is 2.68. The van der Waals surface area contributed by atoms with Crippen molar-refractivity contribution >= 4 is 60.1 Å². The van der Waals surface area contributed by atoms with Crippen molar-refractivity contribution in [2.45, 2.75) is 107 Å². The van der Waals surface area contributed by atoms with Gasteiger partial charge >= 0.3 is 18.4 Å². The van der Waals surface area contributed by atoms with Crippen molar-refractivity contribution in [2.75, 3.05) is 23.4 Å². The van der Waals surface area contributed by atoms with Crippen LogP contribution in [0.5, 0.6) is 0 Å². The highest BCUT2D eigenvalue weighted by atomic mass is 35.5. The molecule has 2 aromatic carbocycles. The largest absolute Gasteiger partial charge is 0.435 e. The number of nitrogens with one attached hydrogen (secondary N) is 2. The van der Waals surface area contributed by atoms with Crippen molar-refractivity contribution in [1.82, 2.24) is 35.2 Å². The van der Waals surface area contributed by atoms with Gasteiger partial charge in [0.25, 0.3) is 5.92 Å².